The third-order valence-electron chi connectivity index (χ3n) is 2.55. The van der Waals surface area contributed by atoms with Gasteiger partial charge in [-0.2, -0.15) is 0 Å². The topological polar surface area (TPSA) is 66.6 Å². The van der Waals surface area contributed by atoms with Crippen molar-refractivity contribution in [3.05, 3.63) is 33.9 Å². The molecule has 1 atom stereocenters. The molecule has 1 N–H and O–H groups in total. The Kier molecular flexibility index (Phi) is 3.32. The van der Waals surface area contributed by atoms with Crippen molar-refractivity contribution in [1.82, 2.24) is 4.90 Å². The van der Waals surface area contributed by atoms with Crippen LogP contribution in [0.5, 0.6) is 0 Å². The van der Waals surface area contributed by atoms with Crippen LogP contribution in [0.3, 0.4) is 0 Å². The molecule has 0 radical (unpaired) electrons. The summed E-state index contributed by atoms with van der Waals surface area (Å²) in [5.74, 6) is 0. The van der Waals surface area contributed by atoms with Crippen molar-refractivity contribution in [3.63, 3.8) is 0 Å². The fourth-order valence-corrected chi connectivity index (χ4v) is 3.12. The molecule has 0 fully saturated rings. The van der Waals surface area contributed by atoms with E-state index in [1.54, 1.807) is 11.0 Å². The number of benzene rings is 1. The summed E-state index contributed by atoms with van der Waals surface area (Å²) in [4.78, 5) is 12.6. The van der Waals surface area contributed by atoms with Gasteiger partial charge in [0.2, 0.25) is 0 Å². The maximum atomic E-state index is 10.7. The van der Waals surface area contributed by atoms with Gasteiger partial charge in [0.15, 0.2) is 6.23 Å². The van der Waals surface area contributed by atoms with Crippen molar-refractivity contribution >= 4 is 34.0 Å². The first-order valence-corrected chi connectivity index (χ1v) is 6.22. The molecule has 1 aromatic rings. The van der Waals surface area contributed by atoms with Crippen LogP contribution < -0.4 is 0 Å². The summed E-state index contributed by atoms with van der Waals surface area (Å²) in [7, 11) is 0. The standard InChI is InChI=1S/C10H10N2O3S2/c1-2-11-9(13)7-5-6(12(14)15)3-4-8(7)17-10(11)16/h3-5,9,13H,2H2,1H3. The quantitative estimate of drug-likeness (QED) is 0.505. The Morgan fingerprint density at radius 3 is 2.94 bits per heavy atom. The summed E-state index contributed by atoms with van der Waals surface area (Å²) in [6, 6.07) is 4.45. The van der Waals surface area contributed by atoms with Crippen LogP contribution in [0.2, 0.25) is 0 Å². The normalized spacial score (nSPS) is 19.1. The van der Waals surface area contributed by atoms with E-state index in [1.165, 1.54) is 23.9 Å². The monoisotopic (exact) mass is 270 g/mol. The van der Waals surface area contributed by atoms with Gasteiger partial charge >= 0.3 is 0 Å². The Hall–Kier alpha value is -1.18. The fraction of sp³-hybridized carbons (Fsp3) is 0.300. The number of nitrogens with zero attached hydrogens (tertiary/aromatic N) is 2. The molecule has 5 nitrogen and oxygen atoms in total. The zero-order chi connectivity index (χ0) is 12.6. The molecule has 1 unspecified atom stereocenters. The number of nitro groups is 1. The maximum Gasteiger partial charge on any atom is 0.269 e. The molecule has 17 heavy (non-hydrogen) atoms. The summed E-state index contributed by atoms with van der Waals surface area (Å²) < 4.78 is 0.585. The van der Waals surface area contributed by atoms with E-state index in [1.807, 2.05) is 6.92 Å². The highest BCUT2D eigenvalue weighted by atomic mass is 32.2. The minimum absolute atomic E-state index is 0.0210. The number of hydrogen-bond donors (Lipinski definition) is 1. The molecule has 1 aliphatic rings. The fourth-order valence-electron chi connectivity index (χ4n) is 1.67. The van der Waals surface area contributed by atoms with E-state index in [4.69, 9.17) is 12.2 Å². The predicted molar refractivity (Wildman–Crippen MR) is 68.9 cm³/mol. The first-order valence-electron chi connectivity index (χ1n) is 4.99. The Morgan fingerprint density at radius 1 is 1.65 bits per heavy atom. The van der Waals surface area contributed by atoms with Crippen LogP contribution in [0, 0.1) is 10.1 Å². The van der Waals surface area contributed by atoms with Crippen molar-refractivity contribution in [2.24, 2.45) is 0 Å². The molecule has 1 aromatic carbocycles. The van der Waals surface area contributed by atoms with Gasteiger partial charge in [0.1, 0.15) is 4.32 Å². The molecule has 1 aliphatic heterocycles. The highest BCUT2D eigenvalue weighted by molar-refractivity contribution is 8.23. The van der Waals surface area contributed by atoms with Crippen molar-refractivity contribution in [2.75, 3.05) is 6.54 Å². The molecule has 0 saturated heterocycles. The third kappa shape index (κ3) is 2.13. The van der Waals surface area contributed by atoms with Gasteiger partial charge in [-0.25, -0.2) is 0 Å². The first kappa shape index (κ1) is 12.3. The Bertz CT molecular complexity index is 492. The lowest BCUT2D eigenvalue weighted by Crippen LogP contribution is -2.34. The number of hydrogen-bond acceptors (Lipinski definition) is 5. The van der Waals surface area contributed by atoms with Crippen LogP contribution in [-0.4, -0.2) is 25.8 Å². The summed E-state index contributed by atoms with van der Waals surface area (Å²) in [6.07, 6.45) is -0.899. The molecule has 7 heteroatoms. The van der Waals surface area contributed by atoms with E-state index in [9.17, 15) is 15.2 Å². The Morgan fingerprint density at radius 2 is 2.35 bits per heavy atom. The minimum atomic E-state index is -0.899. The van der Waals surface area contributed by atoms with Crippen LogP contribution >= 0.6 is 24.0 Å². The zero-order valence-electron chi connectivity index (χ0n) is 8.99. The first-order chi connectivity index (χ1) is 8.04. The molecule has 0 aromatic heterocycles. The number of fused-ring (bicyclic) bond motifs is 1. The molecule has 0 spiro atoms. The second-order valence-corrected chi connectivity index (χ2v) is 5.18. The lowest BCUT2D eigenvalue weighted by atomic mass is 10.1. The van der Waals surface area contributed by atoms with E-state index >= 15 is 0 Å². The SMILES string of the molecule is CCN1C(=S)Sc2ccc([N+](=O)[O-])cc2C1O. The average molecular weight is 270 g/mol. The van der Waals surface area contributed by atoms with E-state index < -0.39 is 11.2 Å². The predicted octanol–water partition coefficient (Wildman–Crippen LogP) is 2.30. The molecule has 2 rings (SSSR count). The lowest BCUT2D eigenvalue weighted by Gasteiger charge is -2.34. The Labute approximate surface area is 108 Å². The molecule has 0 bridgehead atoms. The van der Waals surface area contributed by atoms with Gasteiger partial charge in [0.05, 0.1) is 4.92 Å². The molecule has 90 valence electrons. The number of aliphatic hydroxyl groups is 1. The molecular weight excluding hydrogens is 260 g/mol. The smallest absolute Gasteiger partial charge is 0.269 e. The molecule has 1 heterocycles. The Balaban J connectivity index is 2.47. The van der Waals surface area contributed by atoms with Gasteiger partial charge in [-0.1, -0.05) is 24.0 Å². The van der Waals surface area contributed by atoms with Crippen LogP contribution in [0.15, 0.2) is 23.1 Å². The van der Waals surface area contributed by atoms with Crippen molar-refractivity contribution in [1.29, 1.82) is 0 Å². The van der Waals surface area contributed by atoms with Gasteiger partial charge in [-0.15, -0.1) is 0 Å². The minimum Gasteiger partial charge on any atom is -0.369 e. The second-order valence-electron chi connectivity index (χ2n) is 3.51. The molecule has 0 aliphatic carbocycles. The molecule has 0 amide bonds. The van der Waals surface area contributed by atoms with Crippen LogP contribution in [-0.2, 0) is 0 Å². The lowest BCUT2D eigenvalue weighted by molar-refractivity contribution is -0.385. The van der Waals surface area contributed by atoms with Crippen molar-refractivity contribution in [2.45, 2.75) is 18.0 Å². The van der Waals surface area contributed by atoms with E-state index in [-0.39, 0.29) is 5.69 Å². The summed E-state index contributed by atoms with van der Waals surface area (Å²) in [5.41, 5.74) is 0.520. The number of nitro benzene ring substituents is 1. The summed E-state index contributed by atoms with van der Waals surface area (Å²) >= 11 is 6.50. The molecular formula is C10H10N2O3S2. The van der Waals surface area contributed by atoms with Crippen LogP contribution in [0.25, 0.3) is 0 Å². The number of non-ortho nitro benzene ring substituents is 1. The highest BCUT2D eigenvalue weighted by Gasteiger charge is 2.29. The average Bonchev–Trinajstić information content (AvgIpc) is 2.29. The second kappa shape index (κ2) is 4.59. The summed E-state index contributed by atoms with van der Waals surface area (Å²) in [5, 5.41) is 20.8. The van der Waals surface area contributed by atoms with Crippen LogP contribution in [0.1, 0.15) is 18.7 Å². The highest BCUT2D eigenvalue weighted by Crippen LogP contribution is 2.39. The van der Waals surface area contributed by atoms with E-state index in [2.05, 4.69) is 0 Å². The number of rotatable bonds is 2. The maximum absolute atomic E-state index is 10.7. The number of thioether (sulfide) groups is 1. The summed E-state index contributed by atoms with van der Waals surface area (Å²) in [6.45, 7) is 2.44. The van der Waals surface area contributed by atoms with Gasteiger partial charge in [0, 0.05) is 29.1 Å². The van der Waals surface area contributed by atoms with Gasteiger partial charge in [-0.3, -0.25) is 10.1 Å². The van der Waals surface area contributed by atoms with Crippen molar-refractivity contribution < 1.29 is 10.0 Å². The molecule has 0 saturated carbocycles. The largest absolute Gasteiger partial charge is 0.369 e. The zero-order valence-corrected chi connectivity index (χ0v) is 10.6. The van der Waals surface area contributed by atoms with Crippen molar-refractivity contribution in [3.8, 4) is 0 Å². The number of aliphatic hydroxyl groups excluding tert-OH is 1. The van der Waals surface area contributed by atoms with Crippen LogP contribution in [0.4, 0.5) is 5.69 Å². The van der Waals surface area contributed by atoms with Gasteiger partial charge < -0.3 is 10.0 Å². The van der Waals surface area contributed by atoms with E-state index in [0.29, 0.717) is 16.4 Å². The van der Waals surface area contributed by atoms with E-state index in [0.717, 1.165) is 4.90 Å². The third-order valence-corrected chi connectivity index (χ3v) is 4.04. The van der Waals surface area contributed by atoms with Gasteiger partial charge in [0.25, 0.3) is 5.69 Å². The van der Waals surface area contributed by atoms with Gasteiger partial charge in [-0.05, 0) is 13.0 Å². The number of thiocarbonyl (C=S) groups is 1.